The van der Waals surface area contributed by atoms with Gasteiger partial charge in [-0.15, -0.1) is 0 Å². The van der Waals surface area contributed by atoms with E-state index in [0.29, 0.717) is 0 Å². The van der Waals surface area contributed by atoms with Crippen LogP contribution < -0.4 is 11.3 Å². The second kappa shape index (κ2) is 5.70. The molecule has 1 fully saturated rings. The van der Waals surface area contributed by atoms with Gasteiger partial charge in [-0.3, -0.25) is 11.3 Å². The Morgan fingerprint density at radius 2 is 1.95 bits per heavy atom. The molecule has 3 N–H and O–H groups in total. The monoisotopic (exact) mass is 256 g/mol. The van der Waals surface area contributed by atoms with Gasteiger partial charge in [0.05, 0.1) is 12.1 Å². The van der Waals surface area contributed by atoms with E-state index in [0.717, 1.165) is 19.4 Å². The molecule has 3 nitrogen and oxygen atoms in total. The summed E-state index contributed by atoms with van der Waals surface area (Å²) in [7, 11) is 0. The minimum atomic E-state index is 0.0740. The maximum atomic E-state index is 5.85. The minimum Gasteiger partial charge on any atom is -0.376 e. The SMILES string of the molecule is NNC(c1ccc2ccccc2c1)C1CCCCO1. The molecule has 2 unspecified atom stereocenters. The van der Waals surface area contributed by atoms with Crippen molar-refractivity contribution in [3.8, 4) is 0 Å². The van der Waals surface area contributed by atoms with Crippen LogP contribution in [0.3, 0.4) is 0 Å². The Kier molecular flexibility index (Phi) is 3.78. The lowest BCUT2D eigenvalue weighted by Crippen LogP contribution is -2.39. The van der Waals surface area contributed by atoms with Crippen molar-refractivity contribution in [2.45, 2.75) is 31.4 Å². The molecule has 3 heteroatoms. The third-order valence-electron chi connectivity index (χ3n) is 3.90. The van der Waals surface area contributed by atoms with Crippen molar-refractivity contribution in [2.24, 2.45) is 5.84 Å². The maximum Gasteiger partial charge on any atom is 0.0782 e. The van der Waals surface area contributed by atoms with Gasteiger partial charge in [-0.1, -0.05) is 36.4 Å². The highest BCUT2D eigenvalue weighted by Crippen LogP contribution is 2.28. The van der Waals surface area contributed by atoms with Crippen LogP contribution in [0.25, 0.3) is 10.8 Å². The van der Waals surface area contributed by atoms with E-state index in [1.807, 2.05) is 0 Å². The molecule has 0 saturated carbocycles. The summed E-state index contributed by atoms with van der Waals surface area (Å²) < 4.78 is 5.85. The standard InChI is InChI=1S/C16H20N2O/c17-18-16(15-7-3-4-10-19-15)14-9-8-12-5-1-2-6-13(12)11-14/h1-2,5-6,8-9,11,15-16,18H,3-4,7,10,17H2. The van der Waals surface area contributed by atoms with Gasteiger partial charge in [-0.05, 0) is 41.7 Å². The number of nitrogens with one attached hydrogen (secondary N) is 1. The summed E-state index contributed by atoms with van der Waals surface area (Å²) in [6, 6.07) is 15.0. The molecule has 2 aromatic rings. The summed E-state index contributed by atoms with van der Waals surface area (Å²) in [6.45, 7) is 0.844. The highest BCUT2D eigenvalue weighted by Gasteiger charge is 2.25. The smallest absolute Gasteiger partial charge is 0.0782 e. The number of hydrogen-bond acceptors (Lipinski definition) is 3. The van der Waals surface area contributed by atoms with E-state index < -0.39 is 0 Å². The minimum absolute atomic E-state index is 0.0740. The Bertz CT molecular complexity index is 549. The zero-order chi connectivity index (χ0) is 13.1. The quantitative estimate of drug-likeness (QED) is 0.655. The van der Waals surface area contributed by atoms with Crippen molar-refractivity contribution in [1.82, 2.24) is 5.43 Å². The van der Waals surface area contributed by atoms with Gasteiger partial charge in [-0.2, -0.15) is 0 Å². The zero-order valence-electron chi connectivity index (χ0n) is 11.0. The molecule has 0 aliphatic carbocycles. The van der Waals surface area contributed by atoms with E-state index in [-0.39, 0.29) is 12.1 Å². The van der Waals surface area contributed by atoms with Crippen LogP contribution in [0.15, 0.2) is 42.5 Å². The predicted molar refractivity (Wildman–Crippen MR) is 77.6 cm³/mol. The lowest BCUT2D eigenvalue weighted by molar-refractivity contribution is -0.00819. The summed E-state index contributed by atoms with van der Waals surface area (Å²) in [6.07, 6.45) is 3.63. The Labute approximate surface area is 113 Å². The molecule has 2 atom stereocenters. The fourth-order valence-corrected chi connectivity index (χ4v) is 2.85. The number of rotatable bonds is 3. The van der Waals surface area contributed by atoms with Crippen LogP contribution in [0.2, 0.25) is 0 Å². The molecule has 0 bridgehead atoms. The topological polar surface area (TPSA) is 47.3 Å². The number of hydrogen-bond donors (Lipinski definition) is 2. The molecule has 3 rings (SSSR count). The molecule has 1 aliphatic heterocycles. The van der Waals surface area contributed by atoms with E-state index in [1.54, 1.807) is 0 Å². The highest BCUT2D eigenvalue weighted by molar-refractivity contribution is 5.83. The third-order valence-corrected chi connectivity index (χ3v) is 3.90. The molecule has 2 aromatic carbocycles. The van der Waals surface area contributed by atoms with Crippen molar-refractivity contribution >= 4 is 10.8 Å². The van der Waals surface area contributed by atoms with E-state index in [2.05, 4.69) is 47.9 Å². The number of hydrazine groups is 1. The van der Waals surface area contributed by atoms with Crippen LogP contribution in [0.1, 0.15) is 30.9 Å². The van der Waals surface area contributed by atoms with Crippen LogP contribution in [-0.2, 0) is 4.74 Å². The fraction of sp³-hybridized carbons (Fsp3) is 0.375. The van der Waals surface area contributed by atoms with Gasteiger partial charge in [0.15, 0.2) is 0 Å². The molecule has 0 radical (unpaired) electrons. The molecule has 100 valence electrons. The van der Waals surface area contributed by atoms with Crippen molar-refractivity contribution in [2.75, 3.05) is 6.61 Å². The average Bonchev–Trinajstić information content (AvgIpc) is 2.49. The van der Waals surface area contributed by atoms with Crippen molar-refractivity contribution in [3.05, 3.63) is 48.0 Å². The molecule has 1 heterocycles. The van der Waals surface area contributed by atoms with Gasteiger partial charge in [0.1, 0.15) is 0 Å². The fourth-order valence-electron chi connectivity index (χ4n) is 2.85. The molecule has 0 aromatic heterocycles. The third kappa shape index (κ3) is 2.63. The van der Waals surface area contributed by atoms with Gasteiger partial charge >= 0.3 is 0 Å². The van der Waals surface area contributed by atoms with Gasteiger partial charge in [0.25, 0.3) is 0 Å². The van der Waals surface area contributed by atoms with E-state index in [1.165, 1.54) is 22.8 Å². The van der Waals surface area contributed by atoms with Crippen molar-refractivity contribution < 1.29 is 4.74 Å². The van der Waals surface area contributed by atoms with Crippen molar-refractivity contribution in [3.63, 3.8) is 0 Å². The maximum absolute atomic E-state index is 5.85. The van der Waals surface area contributed by atoms with Gasteiger partial charge in [-0.25, -0.2) is 0 Å². The first-order chi connectivity index (χ1) is 9.38. The second-order valence-electron chi connectivity index (χ2n) is 5.16. The summed E-state index contributed by atoms with van der Waals surface area (Å²) in [5.74, 6) is 5.75. The molecular weight excluding hydrogens is 236 g/mol. The normalized spacial score (nSPS) is 21.4. The Morgan fingerprint density at radius 1 is 1.11 bits per heavy atom. The lowest BCUT2D eigenvalue weighted by atomic mass is 9.94. The zero-order valence-corrected chi connectivity index (χ0v) is 11.0. The van der Waals surface area contributed by atoms with Crippen LogP contribution in [-0.4, -0.2) is 12.7 Å². The molecule has 0 spiro atoms. The number of fused-ring (bicyclic) bond motifs is 1. The van der Waals surface area contributed by atoms with Gasteiger partial charge < -0.3 is 4.74 Å². The first kappa shape index (κ1) is 12.6. The largest absolute Gasteiger partial charge is 0.376 e. The summed E-state index contributed by atoms with van der Waals surface area (Å²) >= 11 is 0. The van der Waals surface area contributed by atoms with E-state index in [9.17, 15) is 0 Å². The van der Waals surface area contributed by atoms with Crippen LogP contribution in [0.4, 0.5) is 0 Å². The first-order valence-corrected chi connectivity index (χ1v) is 6.95. The molecular formula is C16H20N2O. The highest BCUT2D eigenvalue weighted by atomic mass is 16.5. The van der Waals surface area contributed by atoms with Crippen LogP contribution in [0.5, 0.6) is 0 Å². The first-order valence-electron chi connectivity index (χ1n) is 6.95. The summed E-state index contributed by atoms with van der Waals surface area (Å²) in [5, 5.41) is 2.50. The van der Waals surface area contributed by atoms with Crippen molar-refractivity contribution in [1.29, 1.82) is 0 Å². The Balaban J connectivity index is 1.91. The molecule has 1 saturated heterocycles. The number of ether oxygens (including phenoxy) is 1. The van der Waals surface area contributed by atoms with Gasteiger partial charge in [0.2, 0.25) is 0 Å². The van der Waals surface area contributed by atoms with Crippen LogP contribution >= 0.6 is 0 Å². The van der Waals surface area contributed by atoms with E-state index >= 15 is 0 Å². The molecule has 1 aliphatic rings. The number of benzene rings is 2. The van der Waals surface area contributed by atoms with E-state index in [4.69, 9.17) is 10.6 Å². The average molecular weight is 256 g/mol. The summed E-state index contributed by atoms with van der Waals surface area (Å²) in [4.78, 5) is 0. The Hall–Kier alpha value is -1.42. The number of nitrogens with two attached hydrogens (primary N) is 1. The molecule has 19 heavy (non-hydrogen) atoms. The predicted octanol–water partition coefficient (Wildman–Crippen LogP) is 2.91. The molecule has 0 amide bonds. The lowest BCUT2D eigenvalue weighted by Gasteiger charge is -2.30. The summed E-state index contributed by atoms with van der Waals surface area (Å²) in [5.41, 5.74) is 4.13. The van der Waals surface area contributed by atoms with Crippen LogP contribution in [0, 0.1) is 0 Å². The Morgan fingerprint density at radius 3 is 2.68 bits per heavy atom. The second-order valence-corrected chi connectivity index (χ2v) is 5.16. The van der Waals surface area contributed by atoms with Gasteiger partial charge in [0, 0.05) is 6.61 Å².